The van der Waals surface area contributed by atoms with Crippen LogP contribution >= 0.6 is 11.6 Å². The fraction of sp³-hybridized carbons (Fsp3) is 0.500. The second kappa shape index (κ2) is 4.93. The normalized spacial score (nSPS) is 23.7. The van der Waals surface area contributed by atoms with Crippen LogP contribution in [-0.4, -0.2) is 26.4 Å². The van der Waals surface area contributed by atoms with E-state index >= 15 is 0 Å². The zero-order valence-electron chi connectivity index (χ0n) is 9.50. The molecule has 1 fully saturated rings. The number of anilines is 1. The third-order valence-electron chi connectivity index (χ3n) is 2.95. The van der Waals surface area contributed by atoms with Gasteiger partial charge in [-0.3, -0.25) is 0 Å². The van der Waals surface area contributed by atoms with Crippen molar-refractivity contribution in [3.8, 4) is 5.75 Å². The number of nitrogens with one attached hydrogen (secondary N) is 1. The second-order valence-electron chi connectivity index (χ2n) is 4.02. The molecule has 1 aliphatic rings. The molecular formula is C12H16ClNO2. The highest BCUT2D eigenvalue weighted by molar-refractivity contribution is 6.32. The van der Waals surface area contributed by atoms with E-state index in [4.69, 9.17) is 21.1 Å². The molecule has 0 atom stereocenters. The van der Waals surface area contributed by atoms with Gasteiger partial charge in [0, 0.05) is 18.8 Å². The highest BCUT2D eigenvalue weighted by atomic mass is 35.5. The maximum atomic E-state index is 6.04. The third kappa shape index (κ3) is 2.42. The molecule has 0 saturated heterocycles. The number of halogens is 1. The molecule has 3 nitrogen and oxygen atoms in total. The molecule has 0 radical (unpaired) electrons. The first-order valence-electron chi connectivity index (χ1n) is 5.36. The van der Waals surface area contributed by atoms with Gasteiger partial charge in [0.25, 0.3) is 0 Å². The van der Waals surface area contributed by atoms with Gasteiger partial charge in [-0.15, -0.1) is 0 Å². The van der Waals surface area contributed by atoms with Crippen LogP contribution in [0.4, 0.5) is 5.69 Å². The van der Waals surface area contributed by atoms with Crippen molar-refractivity contribution in [2.45, 2.75) is 25.0 Å². The number of hydrogen-bond donors (Lipinski definition) is 1. The molecule has 0 aromatic heterocycles. The van der Waals surface area contributed by atoms with E-state index in [0.29, 0.717) is 22.9 Å². The topological polar surface area (TPSA) is 30.5 Å². The summed E-state index contributed by atoms with van der Waals surface area (Å²) in [7, 11) is 3.37. The van der Waals surface area contributed by atoms with Gasteiger partial charge in [0.2, 0.25) is 0 Å². The number of ether oxygens (including phenoxy) is 2. The largest absolute Gasteiger partial charge is 0.495 e. The van der Waals surface area contributed by atoms with Gasteiger partial charge in [-0.05, 0) is 31.0 Å². The Morgan fingerprint density at radius 3 is 2.62 bits per heavy atom. The minimum absolute atomic E-state index is 0.409. The first-order valence-corrected chi connectivity index (χ1v) is 5.73. The Labute approximate surface area is 101 Å². The number of methoxy groups -OCH3 is 2. The maximum Gasteiger partial charge on any atom is 0.137 e. The predicted molar refractivity (Wildman–Crippen MR) is 65.4 cm³/mol. The zero-order valence-corrected chi connectivity index (χ0v) is 10.3. The number of benzene rings is 1. The first-order chi connectivity index (χ1) is 7.72. The molecule has 1 aliphatic carbocycles. The molecule has 0 heterocycles. The SMILES string of the molecule is COc1ccc(NC2CC(OC)C2)cc1Cl. The summed E-state index contributed by atoms with van der Waals surface area (Å²) < 4.78 is 10.3. The van der Waals surface area contributed by atoms with E-state index in [1.165, 1.54) is 0 Å². The Morgan fingerprint density at radius 2 is 2.06 bits per heavy atom. The Morgan fingerprint density at radius 1 is 1.31 bits per heavy atom. The van der Waals surface area contributed by atoms with E-state index < -0.39 is 0 Å². The molecule has 16 heavy (non-hydrogen) atoms. The van der Waals surface area contributed by atoms with Crippen molar-refractivity contribution in [3.63, 3.8) is 0 Å². The van der Waals surface area contributed by atoms with Crippen molar-refractivity contribution in [2.75, 3.05) is 19.5 Å². The maximum absolute atomic E-state index is 6.04. The number of rotatable bonds is 4. The molecule has 1 aromatic carbocycles. The van der Waals surface area contributed by atoms with Crippen molar-refractivity contribution >= 4 is 17.3 Å². The predicted octanol–water partition coefficient (Wildman–Crippen LogP) is 2.94. The van der Waals surface area contributed by atoms with E-state index in [9.17, 15) is 0 Å². The molecule has 0 spiro atoms. The van der Waals surface area contributed by atoms with Gasteiger partial charge in [0.1, 0.15) is 5.75 Å². The highest BCUT2D eigenvalue weighted by Gasteiger charge is 2.28. The lowest BCUT2D eigenvalue weighted by molar-refractivity contribution is 0.0329. The van der Waals surface area contributed by atoms with Crippen LogP contribution in [0, 0.1) is 0 Å². The molecule has 0 bridgehead atoms. The highest BCUT2D eigenvalue weighted by Crippen LogP contribution is 2.30. The van der Waals surface area contributed by atoms with E-state index in [1.54, 1.807) is 14.2 Å². The van der Waals surface area contributed by atoms with Crippen molar-refractivity contribution < 1.29 is 9.47 Å². The summed E-state index contributed by atoms with van der Waals surface area (Å²) in [5, 5.41) is 4.05. The Balaban J connectivity index is 1.93. The second-order valence-corrected chi connectivity index (χ2v) is 4.43. The van der Waals surface area contributed by atoms with E-state index in [0.717, 1.165) is 18.5 Å². The monoisotopic (exact) mass is 241 g/mol. The van der Waals surface area contributed by atoms with Crippen molar-refractivity contribution in [2.24, 2.45) is 0 Å². The summed E-state index contributed by atoms with van der Waals surface area (Å²) in [5.74, 6) is 0.704. The van der Waals surface area contributed by atoms with Crippen LogP contribution in [0.5, 0.6) is 5.75 Å². The zero-order chi connectivity index (χ0) is 11.5. The van der Waals surface area contributed by atoms with Crippen LogP contribution in [0.15, 0.2) is 18.2 Å². The van der Waals surface area contributed by atoms with Gasteiger partial charge in [0.15, 0.2) is 0 Å². The summed E-state index contributed by atoms with van der Waals surface area (Å²) >= 11 is 6.04. The van der Waals surface area contributed by atoms with Crippen molar-refractivity contribution in [1.29, 1.82) is 0 Å². The van der Waals surface area contributed by atoms with Crippen molar-refractivity contribution in [3.05, 3.63) is 23.2 Å². The van der Waals surface area contributed by atoms with E-state index in [2.05, 4.69) is 5.32 Å². The molecule has 1 N–H and O–H groups in total. The summed E-state index contributed by atoms with van der Waals surface area (Å²) in [6, 6.07) is 6.23. The lowest BCUT2D eigenvalue weighted by Crippen LogP contribution is -2.40. The fourth-order valence-corrected chi connectivity index (χ4v) is 2.13. The van der Waals surface area contributed by atoms with Crippen LogP contribution in [0.1, 0.15) is 12.8 Å². The molecular weight excluding hydrogens is 226 g/mol. The van der Waals surface area contributed by atoms with Crippen LogP contribution in [0.25, 0.3) is 0 Å². The smallest absolute Gasteiger partial charge is 0.137 e. The van der Waals surface area contributed by atoms with Crippen molar-refractivity contribution in [1.82, 2.24) is 0 Å². The summed E-state index contributed by atoms with van der Waals surface area (Å²) in [6.07, 6.45) is 2.52. The lowest BCUT2D eigenvalue weighted by Gasteiger charge is -2.35. The van der Waals surface area contributed by atoms with Gasteiger partial charge < -0.3 is 14.8 Å². The third-order valence-corrected chi connectivity index (χ3v) is 3.25. The van der Waals surface area contributed by atoms with E-state index in [-0.39, 0.29) is 0 Å². The summed E-state index contributed by atoms with van der Waals surface area (Å²) in [4.78, 5) is 0. The quantitative estimate of drug-likeness (QED) is 0.879. The first kappa shape index (κ1) is 11.6. The van der Waals surface area contributed by atoms with Crippen LogP contribution in [0.3, 0.4) is 0 Å². The number of hydrogen-bond acceptors (Lipinski definition) is 3. The molecule has 88 valence electrons. The van der Waals surface area contributed by atoms with Gasteiger partial charge in [-0.25, -0.2) is 0 Å². The average molecular weight is 242 g/mol. The van der Waals surface area contributed by atoms with Crippen LogP contribution < -0.4 is 10.1 Å². The summed E-state index contributed by atoms with van der Waals surface area (Å²) in [5.41, 5.74) is 1.03. The lowest BCUT2D eigenvalue weighted by atomic mass is 9.89. The Kier molecular flexibility index (Phi) is 3.56. The van der Waals surface area contributed by atoms with Gasteiger partial charge in [0.05, 0.1) is 18.2 Å². The molecule has 0 unspecified atom stereocenters. The molecule has 4 heteroatoms. The average Bonchev–Trinajstić information content (AvgIpc) is 2.23. The molecule has 0 aliphatic heterocycles. The molecule has 0 amide bonds. The van der Waals surface area contributed by atoms with Gasteiger partial charge in [-0.2, -0.15) is 0 Å². The minimum atomic E-state index is 0.409. The van der Waals surface area contributed by atoms with E-state index in [1.807, 2.05) is 18.2 Å². The minimum Gasteiger partial charge on any atom is -0.495 e. The molecule has 2 rings (SSSR count). The standard InChI is InChI=1S/C12H16ClNO2/c1-15-10-5-9(6-10)14-8-3-4-12(16-2)11(13)7-8/h3-4,7,9-10,14H,5-6H2,1-2H3. The Hall–Kier alpha value is -0.930. The molecule has 1 saturated carbocycles. The van der Waals surface area contributed by atoms with Gasteiger partial charge >= 0.3 is 0 Å². The van der Waals surface area contributed by atoms with Gasteiger partial charge in [-0.1, -0.05) is 11.6 Å². The van der Waals surface area contributed by atoms with Crippen LogP contribution in [0.2, 0.25) is 5.02 Å². The summed E-state index contributed by atoms with van der Waals surface area (Å²) in [6.45, 7) is 0. The fourth-order valence-electron chi connectivity index (χ4n) is 1.87. The molecule has 1 aromatic rings. The Bertz CT molecular complexity index is 364. The van der Waals surface area contributed by atoms with Crippen LogP contribution in [-0.2, 0) is 4.74 Å².